The fourth-order valence-corrected chi connectivity index (χ4v) is 1.75. The van der Waals surface area contributed by atoms with Crippen molar-refractivity contribution in [2.75, 3.05) is 13.7 Å². The highest BCUT2D eigenvalue weighted by atomic mass is 19.3. The third-order valence-electron chi connectivity index (χ3n) is 2.82. The summed E-state index contributed by atoms with van der Waals surface area (Å²) in [6, 6.07) is -0.816. The Labute approximate surface area is 103 Å². The summed E-state index contributed by atoms with van der Waals surface area (Å²) >= 11 is 0. The van der Waals surface area contributed by atoms with Gasteiger partial charge in [-0.15, -0.1) is 0 Å². The Kier molecular flexibility index (Phi) is 4.87. The van der Waals surface area contributed by atoms with E-state index in [2.05, 4.69) is 18.5 Å². The molecule has 1 aliphatic rings. The quantitative estimate of drug-likeness (QED) is 0.593. The molecule has 98 valence electrons. The van der Waals surface area contributed by atoms with Gasteiger partial charge in [0.05, 0.1) is 13.2 Å². The number of hydrogen-bond acceptors (Lipinski definition) is 2. The Morgan fingerprint density at radius 2 is 2.24 bits per heavy atom. The third-order valence-corrected chi connectivity index (χ3v) is 2.82. The summed E-state index contributed by atoms with van der Waals surface area (Å²) in [5.41, 5.74) is 0.641. The van der Waals surface area contributed by atoms with Crippen LogP contribution in [0.15, 0.2) is 36.6 Å². The molecule has 0 radical (unpaired) electrons. The van der Waals surface area contributed by atoms with E-state index in [1.165, 1.54) is 7.11 Å². The summed E-state index contributed by atoms with van der Waals surface area (Å²) in [6.45, 7) is 8.01. The molecule has 1 aliphatic heterocycles. The van der Waals surface area contributed by atoms with Crippen molar-refractivity contribution in [3.63, 3.8) is 0 Å². The molecule has 0 aromatic heterocycles. The number of methoxy groups -OCH3 is 1. The van der Waals surface area contributed by atoms with Crippen LogP contribution < -0.4 is 5.32 Å². The van der Waals surface area contributed by atoms with Gasteiger partial charge in [0.25, 0.3) is 5.92 Å². The van der Waals surface area contributed by atoms with E-state index in [1.54, 1.807) is 12.2 Å². The van der Waals surface area contributed by atoms with E-state index >= 15 is 0 Å². The highest BCUT2D eigenvalue weighted by molar-refractivity contribution is 5.22. The fraction of sp³-hybridized carbons (Fsp3) is 0.538. The molecule has 1 fully saturated rings. The SMILES string of the molecule is C=C(/C=C\C(=C)OC)CC1NCCCC1(F)F.[HH]. The molecular formula is C13H21F2NO. The van der Waals surface area contributed by atoms with Crippen molar-refractivity contribution in [2.24, 2.45) is 0 Å². The molecule has 0 amide bonds. The van der Waals surface area contributed by atoms with Gasteiger partial charge in [0, 0.05) is 7.85 Å². The van der Waals surface area contributed by atoms with Crippen LogP contribution in [-0.2, 0) is 4.74 Å². The van der Waals surface area contributed by atoms with E-state index in [0.717, 1.165) is 0 Å². The zero-order valence-electron chi connectivity index (χ0n) is 10.1. The minimum Gasteiger partial charge on any atom is -0.497 e. The second-order valence-corrected chi connectivity index (χ2v) is 4.24. The van der Waals surface area contributed by atoms with E-state index < -0.39 is 12.0 Å². The Morgan fingerprint density at radius 1 is 1.53 bits per heavy atom. The first-order chi connectivity index (χ1) is 7.95. The molecule has 0 saturated carbocycles. The Balaban J connectivity index is 0.00000289. The van der Waals surface area contributed by atoms with Gasteiger partial charge in [-0.2, -0.15) is 0 Å². The lowest BCUT2D eigenvalue weighted by atomic mass is 9.94. The monoisotopic (exact) mass is 245 g/mol. The van der Waals surface area contributed by atoms with Crippen LogP contribution >= 0.6 is 0 Å². The first-order valence-corrected chi connectivity index (χ1v) is 5.65. The van der Waals surface area contributed by atoms with Crippen LogP contribution in [0.5, 0.6) is 0 Å². The van der Waals surface area contributed by atoms with Crippen molar-refractivity contribution in [1.29, 1.82) is 0 Å². The highest BCUT2D eigenvalue weighted by Crippen LogP contribution is 2.31. The number of hydrogen-bond donors (Lipinski definition) is 1. The summed E-state index contributed by atoms with van der Waals surface area (Å²) in [4.78, 5) is 0. The molecule has 0 aromatic carbocycles. The number of allylic oxidation sites excluding steroid dienone is 2. The number of nitrogens with one attached hydrogen (secondary N) is 1. The molecule has 0 aliphatic carbocycles. The van der Waals surface area contributed by atoms with E-state index in [9.17, 15) is 8.78 Å². The number of piperidine rings is 1. The second-order valence-electron chi connectivity index (χ2n) is 4.24. The fourth-order valence-electron chi connectivity index (χ4n) is 1.75. The molecule has 2 nitrogen and oxygen atoms in total. The number of alkyl halides is 2. The lowest BCUT2D eigenvalue weighted by Gasteiger charge is -2.32. The number of halogens is 2. The number of rotatable bonds is 5. The molecule has 1 saturated heterocycles. The summed E-state index contributed by atoms with van der Waals surface area (Å²) in [7, 11) is 1.51. The van der Waals surface area contributed by atoms with Gasteiger partial charge >= 0.3 is 0 Å². The smallest absolute Gasteiger partial charge is 0.263 e. The average molecular weight is 245 g/mol. The standard InChI is InChI=1S/C13H19F2NO.H2/c1-10(5-6-11(2)17-3)9-12-13(14,15)7-4-8-16-12;/h5-6,12,16H,1-2,4,7-9H2,3H3;1H/b6-5-;. The zero-order chi connectivity index (χ0) is 12.9. The van der Waals surface area contributed by atoms with E-state index in [-0.39, 0.29) is 14.3 Å². The van der Waals surface area contributed by atoms with Crippen LogP contribution in [0.2, 0.25) is 0 Å². The van der Waals surface area contributed by atoms with Gasteiger partial charge < -0.3 is 10.1 Å². The summed E-state index contributed by atoms with van der Waals surface area (Å²) < 4.78 is 31.9. The molecule has 1 atom stereocenters. The Morgan fingerprint density at radius 3 is 2.82 bits per heavy atom. The van der Waals surface area contributed by atoms with Crippen LogP contribution in [0.25, 0.3) is 0 Å². The average Bonchev–Trinajstić information content (AvgIpc) is 2.28. The topological polar surface area (TPSA) is 21.3 Å². The van der Waals surface area contributed by atoms with Crippen molar-refractivity contribution < 1.29 is 14.9 Å². The molecule has 1 unspecified atom stereocenters. The Hall–Kier alpha value is -1.16. The molecule has 1 heterocycles. The molecule has 1 rings (SSSR count). The van der Waals surface area contributed by atoms with Gasteiger partial charge in [0.15, 0.2) is 0 Å². The van der Waals surface area contributed by atoms with Crippen LogP contribution in [0.3, 0.4) is 0 Å². The lowest BCUT2D eigenvalue weighted by Crippen LogP contribution is -2.49. The van der Waals surface area contributed by atoms with E-state index in [1.807, 2.05) is 0 Å². The predicted molar refractivity (Wildman–Crippen MR) is 67.1 cm³/mol. The van der Waals surface area contributed by atoms with Crippen LogP contribution in [-0.4, -0.2) is 25.6 Å². The maximum atomic E-state index is 13.5. The molecule has 0 spiro atoms. The third kappa shape index (κ3) is 4.30. The van der Waals surface area contributed by atoms with Crippen molar-refractivity contribution in [1.82, 2.24) is 5.32 Å². The maximum absolute atomic E-state index is 13.5. The van der Waals surface area contributed by atoms with Gasteiger partial charge in [-0.25, -0.2) is 8.78 Å². The van der Waals surface area contributed by atoms with Crippen LogP contribution in [0, 0.1) is 0 Å². The van der Waals surface area contributed by atoms with Gasteiger partial charge in [-0.05, 0) is 25.5 Å². The number of ether oxygens (including phenoxy) is 1. The van der Waals surface area contributed by atoms with Gasteiger partial charge in [0.1, 0.15) is 5.76 Å². The van der Waals surface area contributed by atoms with Gasteiger partial charge in [-0.1, -0.05) is 24.8 Å². The van der Waals surface area contributed by atoms with Crippen molar-refractivity contribution in [2.45, 2.75) is 31.2 Å². The van der Waals surface area contributed by atoms with Crippen molar-refractivity contribution >= 4 is 0 Å². The highest BCUT2D eigenvalue weighted by Gasteiger charge is 2.40. The van der Waals surface area contributed by atoms with Gasteiger partial charge in [-0.3, -0.25) is 0 Å². The minimum atomic E-state index is -2.65. The first-order valence-electron chi connectivity index (χ1n) is 5.65. The lowest BCUT2D eigenvalue weighted by molar-refractivity contribution is -0.0599. The summed E-state index contributed by atoms with van der Waals surface area (Å²) in [5, 5.41) is 2.84. The van der Waals surface area contributed by atoms with Crippen molar-refractivity contribution in [3.8, 4) is 0 Å². The maximum Gasteiger partial charge on any atom is 0.263 e. The normalized spacial score (nSPS) is 23.6. The second kappa shape index (κ2) is 5.96. The van der Waals surface area contributed by atoms with E-state index in [4.69, 9.17) is 4.74 Å². The minimum absolute atomic E-state index is 0. The largest absolute Gasteiger partial charge is 0.497 e. The zero-order valence-corrected chi connectivity index (χ0v) is 10.1. The Bertz CT molecular complexity index is 329. The predicted octanol–water partition coefficient (Wildman–Crippen LogP) is 3.28. The molecule has 0 bridgehead atoms. The molecule has 1 N–H and O–H groups in total. The molecule has 17 heavy (non-hydrogen) atoms. The van der Waals surface area contributed by atoms with Crippen LogP contribution in [0.1, 0.15) is 20.7 Å². The van der Waals surface area contributed by atoms with E-state index in [0.29, 0.717) is 24.3 Å². The molecular weight excluding hydrogens is 224 g/mol. The summed E-state index contributed by atoms with van der Waals surface area (Å²) in [5.74, 6) is -2.16. The molecule has 4 heteroatoms. The van der Waals surface area contributed by atoms with Crippen LogP contribution in [0.4, 0.5) is 8.78 Å². The van der Waals surface area contributed by atoms with Crippen molar-refractivity contribution in [3.05, 3.63) is 36.6 Å². The molecule has 0 aromatic rings. The first kappa shape index (κ1) is 13.9. The summed E-state index contributed by atoms with van der Waals surface area (Å²) in [6.07, 6.45) is 4.00. The van der Waals surface area contributed by atoms with Gasteiger partial charge in [0.2, 0.25) is 0 Å².